The molecule has 0 atom stereocenters. The zero-order chi connectivity index (χ0) is 15.9. The van der Waals surface area contributed by atoms with Gasteiger partial charge in [0, 0.05) is 17.5 Å². The van der Waals surface area contributed by atoms with Crippen LogP contribution in [0, 0.1) is 0 Å². The molecule has 116 valence electrons. The van der Waals surface area contributed by atoms with Gasteiger partial charge in [0.15, 0.2) is 5.69 Å². The second-order valence-electron chi connectivity index (χ2n) is 5.54. The molecule has 0 spiro atoms. The summed E-state index contributed by atoms with van der Waals surface area (Å²) in [6, 6.07) is 3.80. The van der Waals surface area contributed by atoms with Crippen LogP contribution < -0.4 is 10.5 Å². The number of fused-ring (bicyclic) bond motifs is 3. The lowest BCUT2D eigenvalue weighted by molar-refractivity contribution is 0.0518. The van der Waals surface area contributed by atoms with Crippen molar-refractivity contribution in [2.75, 3.05) is 12.3 Å². The van der Waals surface area contributed by atoms with Gasteiger partial charge in [0.05, 0.1) is 24.1 Å². The number of nitrogen functional groups attached to an aromatic ring is 1. The number of anilines is 1. The molecular weight excluding hydrogens is 282 g/mol. The highest BCUT2D eigenvalue weighted by Gasteiger charge is 2.29. The van der Waals surface area contributed by atoms with Gasteiger partial charge in [-0.3, -0.25) is 5.10 Å². The molecule has 0 saturated carbocycles. The molecule has 6 nitrogen and oxygen atoms in total. The van der Waals surface area contributed by atoms with Crippen LogP contribution in [0.3, 0.4) is 0 Å². The topological polar surface area (TPSA) is 90.2 Å². The van der Waals surface area contributed by atoms with E-state index in [9.17, 15) is 4.79 Å². The smallest absolute Gasteiger partial charge is 0.359 e. The maximum absolute atomic E-state index is 11.9. The number of hydrogen-bond donors (Lipinski definition) is 2. The van der Waals surface area contributed by atoms with Gasteiger partial charge in [-0.15, -0.1) is 0 Å². The Bertz CT molecular complexity index is 734. The van der Waals surface area contributed by atoms with Crippen molar-refractivity contribution < 1.29 is 14.3 Å². The molecule has 1 aliphatic rings. The fourth-order valence-corrected chi connectivity index (χ4v) is 2.69. The van der Waals surface area contributed by atoms with E-state index in [0.29, 0.717) is 30.2 Å². The maximum atomic E-state index is 11.9. The molecule has 0 aliphatic heterocycles. The summed E-state index contributed by atoms with van der Waals surface area (Å²) in [4.78, 5) is 11.9. The molecule has 0 unspecified atom stereocenters. The van der Waals surface area contributed by atoms with Crippen LogP contribution in [0.1, 0.15) is 42.4 Å². The van der Waals surface area contributed by atoms with E-state index in [1.165, 1.54) is 0 Å². The number of nitrogens with two attached hydrogens (primary N) is 1. The third kappa shape index (κ3) is 2.30. The lowest BCUT2D eigenvalue weighted by atomic mass is 10.1. The van der Waals surface area contributed by atoms with Crippen LogP contribution >= 0.6 is 0 Å². The number of hydrogen-bond acceptors (Lipinski definition) is 5. The summed E-state index contributed by atoms with van der Waals surface area (Å²) in [6.45, 7) is 6.01. The molecule has 2 aromatic rings. The van der Waals surface area contributed by atoms with E-state index < -0.39 is 5.97 Å². The van der Waals surface area contributed by atoms with Crippen molar-refractivity contribution in [2.45, 2.75) is 33.3 Å². The zero-order valence-electron chi connectivity index (χ0n) is 12.9. The average molecular weight is 301 g/mol. The van der Waals surface area contributed by atoms with Crippen LogP contribution in [0.25, 0.3) is 11.3 Å². The van der Waals surface area contributed by atoms with E-state index in [1.807, 2.05) is 26.0 Å². The normalized spacial score (nSPS) is 12.2. The van der Waals surface area contributed by atoms with Crippen molar-refractivity contribution in [1.82, 2.24) is 10.2 Å². The van der Waals surface area contributed by atoms with Crippen LogP contribution in [0.4, 0.5) is 5.69 Å². The number of H-pyrrole nitrogens is 1. The number of esters is 1. The number of carbonyl (C=O) groups excluding carboxylic acids is 1. The number of aromatic amines is 1. The van der Waals surface area contributed by atoms with Gasteiger partial charge in [-0.2, -0.15) is 5.10 Å². The highest BCUT2D eigenvalue weighted by atomic mass is 16.5. The first-order chi connectivity index (χ1) is 10.5. The Balaban J connectivity index is 1.99. The summed E-state index contributed by atoms with van der Waals surface area (Å²) in [6.07, 6.45) is 0.667. The summed E-state index contributed by atoms with van der Waals surface area (Å²) in [5.41, 5.74) is 10.7. The van der Waals surface area contributed by atoms with Gasteiger partial charge in [-0.25, -0.2) is 4.79 Å². The summed E-state index contributed by atoms with van der Waals surface area (Å²) < 4.78 is 10.8. The van der Waals surface area contributed by atoms with E-state index in [0.717, 1.165) is 22.4 Å². The minimum atomic E-state index is -0.403. The highest BCUT2D eigenvalue weighted by Crippen LogP contribution is 2.41. The summed E-state index contributed by atoms with van der Waals surface area (Å²) in [7, 11) is 0. The van der Waals surface area contributed by atoms with E-state index in [4.69, 9.17) is 15.2 Å². The molecule has 3 rings (SSSR count). The summed E-state index contributed by atoms with van der Waals surface area (Å²) in [5, 5.41) is 7.01. The average Bonchev–Trinajstić information content (AvgIpc) is 2.98. The predicted octanol–water partition coefficient (Wildman–Crippen LogP) is 2.53. The van der Waals surface area contributed by atoms with Crippen LogP contribution in [-0.2, 0) is 11.2 Å². The summed E-state index contributed by atoms with van der Waals surface area (Å²) >= 11 is 0. The first kappa shape index (κ1) is 14.4. The van der Waals surface area contributed by atoms with Crippen molar-refractivity contribution in [3.05, 3.63) is 29.0 Å². The Morgan fingerprint density at radius 1 is 1.45 bits per heavy atom. The minimum Gasteiger partial charge on any atom is -0.489 e. The molecule has 0 fully saturated rings. The van der Waals surface area contributed by atoms with E-state index in [2.05, 4.69) is 10.2 Å². The second kappa shape index (κ2) is 5.36. The number of nitrogens with one attached hydrogen (secondary N) is 1. The highest BCUT2D eigenvalue weighted by molar-refractivity contribution is 5.93. The van der Waals surface area contributed by atoms with Crippen LogP contribution in [-0.4, -0.2) is 28.9 Å². The van der Waals surface area contributed by atoms with Gasteiger partial charge in [-0.1, -0.05) is 0 Å². The van der Waals surface area contributed by atoms with E-state index in [1.54, 1.807) is 6.92 Å². The molecule has 3 N–H and O–H groups in total. The van der Waals surface area contributed by atoms with Crippen molar-refractivity contribution in [1.29, 1.82) is 0 Å². The van der Waals surface area contributed by atoms with Crippen LogP contribution in [0.15, 0.2) is 12.1 Å². The molecule has 6 heteroatoms. The van der Waals surface area contributed by atoms with E-state index in [-0.39, 0.29) is 6.10 Å². The minimum absolute atomic E-state index is 0.0522. The number of ether oxygens (including phenoxy) is 2. The van der Waals surface area contributed by atoms with Gasteiger partial charge in [-0.05, 0) is 38.5 Å². The first-order valence-corrected chi connectivity index (χ1v) is 7.35. The third-order valence-electron chi connectivity index (χ3n) is 3.57. The molecular formula is C16H19N3O3. The Morgan fingerprint density at radius 2 is 2.23 bits per heavy atom. The molecule has 0 amide bonds. The number of carbonyl (C=O) groups is 1. The zero-order valence-corrected chi connectivity index (χ0v) is 12.9. The lowest BCUT2D eigenvalue weighted by Gasteiger charge is -2.13. The van der Waals surface area contributed by atoms with Gasteiger partial charge in [0.1, 0.15) is 5.75 Å². The fourth-order valence-electron chi connectivity index (χ4n) is 2.69. The van der Waals surface area contributed by atoms with Crippen LogP contribution in [0.2, 0.25) is 0 Å². The largest absolute Gasteiger partial charge is 0.489 e. The monoisotopic (exact) mass is 301 g/mol. The Morgan fingerprint density at radius 3 is 2.91 bits per heavy atom. The molecule has 22 heavy (non-hydrogen) atoms. The van der Waals surface area contributed by atoms with Gasteiger partial charge >= 0.3 is 5.97 Å². The van der Waals surface area contributed by atoms with Crippen molar-refractivity contribution >= 4 is 11.7 Å². The summed E-state index contributed by atoms with van der Waals surface area (Å²) in [5.74, 6) is 0.268. The molecule has 1 aromatic heterocycles. The second-order valence-corrected chi connectivity index (χ2v) is 5.54. The molecule has 0 radical (unpaired) electrons. The Labute approximate surface area is 128 Å². The van der Waals surface area contributed by atoms with Gasteiger partial charge < -0.3 is 15.2 Å². The first-order valence-electron chi connectivity index (χ1n) is 7.35. The van der Waals surface area contributed by atoms with Gasteiger partial charge in [0.25, 0.3) is 0 Å². The lowest BCUT2D eigenvalue weighted by Crippen LogP contribution is -2.08. The number of aromatic nitrogens is 2. The number of rotatable bonds is 4. The fraction of sp³-hybridized carbons (Fsp3) is 0.375. The van der Waals surface area contributed by atoms with Crippen molar-refractivity contribution in [2.24, 2.45) is 0 Å². The molecule has 0 bridgehead atoms. The maximum Gasteiger partial charge on any atom is 0.359 e. The SMILES string of the molecule is CCOC(=O)c1n[nH]c2c1Cc1cc(OC(C)C)c(N)cc1-2. The van der Waals surface area contributed by atoms with Crippen molar-refractivity contribution in [3.63, 3.8) is 0 Å². The van der Waals surface area contributed by atoms with E-state index >= 15 is 0 Å². The molecule has 1 aromatic carbocycles. The molecule has 1 heterocycles. The standard InChI is InChI=1S/C16H19N3O3/c1-4-21-16(20)15-11-5-9-6-13(22-8(2)3)12(17)7-10(9)14(11)18-19-15/h6-8H,4-5,17H2,1-3H3,(H,18,19). The number of benzene rings is 1. The Hall–Kier alpha value is -2.50. The number of nitrogens with zero attached hydrogens (tertiary/aromatic N) is 1. The predicted molar refractivity (Wildman–Crippen MR) is 83.0 cm³/mol. The Kier molecular flexibility index (Phi) is 3.52. The molecule has 1 aliphatic carbocycles. The quantitative estimate of drug-likeness (QED) is 0.571. The van der Waals surface area contributed by atoms with Crippen LogP contribution in [0.5, 0.6) is 5.75 Å². The van der Waals surface area contributed by atoms with Crippen molar-refractivity contribution in [3.8, 4) is 17.0 Å². The third-order valence-corrected chi connectivity index (χ3v) is 3.57. The molecule has 0 saturated heterocycles. The van der Waals surface area contributed by atoms with Gasteiger partial charge in [0.2, 0.25) is 0 Å².